The maximum atomic E-state index is 12.0. The quantitative estimate of drug-likeness (QED) is 0.822. The van der Waals surface area contributed by atoms with Crippen molar-refractivity contribution in [3.8, 4) is 5.75 Å². The Kier molecular flexibility index (Phi) is 4.81. The number of ether oxygens (including phenoxy) is 1. The first-order valence-corrected chi connectivity index (χ1v) is 7.12. The molecule has 1 aromatic rings. The molecule has 0 atom stereocenters. The van der Waals surface area contributed by atoms with Crippen LogP contribution in [-0.2, 0) is 6.54 Å². The molecule has 112 valence electrons. The maximum absolute atomic E-state index is 12.0. The van der Waals surface area contributed by atoms with Gasteiger partial charge >= 0.3 is 6.36 Å². The first-order chi connectivity index (χ1) is 9.42. The highest BCUT2D eigenvalue weighted by Crippen LogP contribution is 2.31. The van der Waals surface area contributed by atoms with Crippen molar-refractivity contribution in [2.75, 3.05) is 5.88 Å². The lowest BCUT2D eigenvalue weighted by Gasteiger charge is -2.28. The number of alkyl halides is 4. The Morgan fingerprint density at radius 3 is 2.25 bits per heavy atom. The summed E-state index contributed by atoms with van der Waals surface area (Å²) in [6.45, 7) is 0.596. The Labute approximate surface area is 121 Å². The third-order valence-electron chi connectivity index (χ3n) is 3.64. The molecule has 0 aromatic heterocycles. The SMILES string of the molecule is FC(F)(F)Oc1ccc(CNC2(CCl)CCCC2)cc1. The first kappa shape index (κ1) is 15.4. The first-order valence-electron chi connectivity index (χ1n) is 6.58. The molecule has 0 unspecified atom stereocenters. The standard InChI is InChI=1S/C14H17ClF3NO/c15-10-13(7-1-2-8-13)19-9-11-3-5-12(6-4-11)20-14(16,17)18/h3-6,19H,1-2,7-10H2. The van der Waals surface area contributed by atoms with E-state index in [1.807, 2.05) is 0 Å². The molecule has 20 heavy (non-hydrogen) atoms. The van der Waals surface area contributed by atoms with E-state index in [2.05, 4.69) is 10.1 Å². The molecule has 0 heterocycles. The van der Waals surface area contributed by atoms with Gasteiger partial charge in [-0.2, -0.15) is 0 Å². The Balaban J connectivity index is 1.90. The second kappa shape index (κ2) is 6.22. The summed E-state index contributed by atoms with van der Waals surface area (Å²) in [5.41, 5.74) is 0.888. The van der Waals surface area contributed by atoms with Gasteiger partial charge in [-0.15, -0.1) is 24.8 Å². The molecule has 0 aliphatic heterocycles. The molecule has 0 spiro atoms. The highest BCUT2D eigenvalue weighted by molar-refractivity contribution is 6.18. The van der Waals surface area contributed by atoms with Crippen LogP contribution < -0.4 is 10.1 Å². The predicted molar refractivity (Wildman–Crippen MR) is 71.9 cm³/mol. The molecule has 1 fully saturated rings. The minimum absolute atomic E-state index is 0.0251. The molecule has 1 N–H and O–H groups in total. The zero-order valence-electron chi connectivity index (χ0n) is 11.0. The van der Waals surface area contributed by atoms with Gasteiger partial charge < -0.3 is 10.1 Å². The van der Waals surface area contributed by atoms with Gasteiger partial charge in [0.05, 0.1) is 0 Å². The number of rotatable bonds is 5. The molecule has 1 aliphatic carbocycles. The summed E-state index contributed by atoms with van der Waals surface area (Å²) < 4.78 is 40.0. The molecular formula is C14H17ClF3NO. The Morgan fingerprint density at radius 1 is 1.15 bits per heavy atom. The molecule has 2 rings (SSSR count). The molecule has 0 bridgehead atoms. The molecule has 1 aromatic carbocycles. The van der Waals surface area contributed by atoms with Gasteiger partial charge in [0.1, 0.15) is 5.75 Å². The summed E-state index contributed by atoms with van der Waals surface area (Å²) >= 11 is 6.02. The maximum Gasteiger partial charge on any atom is 0.573 e. The van der Waals surface area contributed by atoms with E-state index in [1.165, 1.54) is 12.1 Å². The zero-order chi connectivity index (χ0) is 14.6. The van der Waals surface area contributed by atoms with Gasteiger partial charge in [0.25, 0.3) is 0 Å². The van der Waals surface area contributed by atoms with Gasteiger partial charge in [-0.05, 0) is 30.5 Å². The van der Waals surface area contributed by atoms with Crippen LogP contribution in [0.4, 0.5) is 13.2 Å². The Morgan fingerprint density at radius 2 is 1.75 bits per heavy atom. The summed E-state index contributed by atoms with van der Waals surface area (Å²) in [6, 6.07) is 5.91. The molecular weight excluding hydrogens is 291 g/mol. The number of hydrogen-bond donors (Lipinski definition) is 1. The van der Waals surface area contributed by atoms with Gasteiger partial charge in [-0.25, -0.2) is 0 Å². The van der Waals surface area contributed by atoms with Gasteiger partial charge in [0.2, 0.25) is 0 Å². The second-order valence-corrected chi connectivity index (χ2v) is 5.43. The van der Waals surface area contributed by atoms with Crippen molar-refractivity contribution < 1.29 is 17.9 Å². The molecule has 2 nitrogen and oxygen atoms in total. The summed E-state index contributed by atoms with van der Waals surface area (Å²) in [4.78, 5) is 0. The normalized spacial score (nSPS) is 18.2. The fourth-order valence-corrected chi connectivity index (χ4v) is 2.87. The van der Waals surface area contributed by atoms with Crippen LogP contribution in [-0.4, -0.2) is 17.8 Å². The lowest BCUT2D eigenvalue weighted by Crippen LogP contribution is -2.43. The van der Waals surface area contributed by atoms with Gasteiger partial charge in [-0.1, -0.05) is 25.0 Å². The van der Waals surface area contributed by atoms with Crippen molar-refractivity contribution in [1.29, 1.82) is 0 Å². The van der Waals surface area contributed by atoms with Crippen LogP contribution in [0.25, 0.3) is 0 Å². The van der Waals surface area contributed by atoms with E-state index >= 15 is 0 Å². The summed E-state index contributed by atoms with van der Waals surface area (Å²) in [5.74, 6) is 0.358. The van der Waals surface area contributed by atoms with Gasteiger partial charge in [-0.3, -0.25) is 0 Å². The molecule has 1 aliphatic rings. The number of benzene rings is 1. The van der Waals surface area contributed by atoms with Gasteiger partial charge in [0, 0.05) is 18.0 Å². The minimum atomic E-state index is -4.65. The average Bonchev–Trinajstić information content (AvgIpc) is 2.86. The van der Waals surface area contributed by atoms with E-state index in [1.54, 1.807) is 12.1 Å². The fraction of sp³-hybridized carbons (Fsp3) is 0.571. The van der Waals surface area contributed by atoms with E-state index in [4.69, 9.17) is 11.6 Å². The Hall–Kier alpha value is -0.940. The lowest BCUT2D eigenvalue weighted by molar-refractivity contribution is -0.274. The van der Waals surface area contributed by atoms with Crippen LogP contribution in [0.5, 0.6) is 5.75 Å². The Bertz CT molecular complexity index is 427. The van der Waals surface area contributed by atoms with E-state index in [0.29, 0.717) is 12.4 Å². The fourth-order valence-electron chi connectivity index (χ4n) is 2.51. The van der Waals surface area contributed by atoms with Crippen molar-refractivity contribution in [3.05, 3.63) is 29.8 Å². The number of nitrogens with one attached hydrogen (secondary N) is 1. The molecule has 0 radical (unpaired) electrons. The third-order valence-corrected chi connectivity index (χ3v) is 4.15. The van der Waals surface area contributed by atoms with E-state index < -0.39 is 6.36 Å². The van der Waals surface area contributed by atoms with Crippen LogP contribution in [0.1, 0.15) is 31.2 Å². The highest BCUT2D eigenvalue weighted by Gasteiger charge is 2.32. The largest absolute Gasteiger partial charge is 0.573 e. The highest BCUT2D eigenvalue weighted by atomic mass is 35.5. The lowest BCUT2D eigenvalue weighted by atomic mass is 10.00. The summed E-state index contributed by atoms with van der Waals surface area (Å²) in [6.07, 6.45) is -0.222. The predicted octanol–water partition coefficient (Wildman–Crippen LogP) is 4.23. The second-order valence-electron chi connectivity index (χ2n) is 5.17. The van der Waals surface area contributed by atoms with E-state index in [-0.39, 0.29) is 11.3 Å². The van der Waals surface area contributed by atoms with Crippen LogP contribution in [0, 0.1) is 0 Å². The van der Waals surface area contributed by atoms with Gasteiger partial charge in [0.15, 0.2) is 0 Å². The van der Waals surface area contributed by atoms with Crippen LogP contribution in [0.3, 0.4) is 0 Å². The number of hydrogen-bond acceptors (Lipinski definition) is 2. The monoisotopic (exact) mass is 307 g/mol. The van der Waals surface area contributed by atoms with E-state index in [9.17, 15) is 13.2 Å². The topological polar surface area (TPSA) is 21.3 Å². The van der Waals surface area contributed by atoms with E-state index in [0.717, 1.165) is 31.2 Å². The third kappa shape index (κ3) is 4.28. The average molecular weight is 308 g/mol. The summed E-state index contributed by atoms with van der Waals surface area (Å²) in [7, 11) is 0. The minimum Gasteiger partial charge on any atom is -0.406 e. The molecule has 6 heteroatoms. The molecule has 0 saturated heterocycles. The zero-order valence-corrected chi connectivity index (χ0v) is 11.7. The van der Waals surface area contributed by atoms with Crippen LogP contribution >= 0.6 is 11.6 Å². The molecule has 1 saturated carbocycles. The summed E-state index contributed by atoms with van der Waals surface area (Å²) in [5, 5.41) is 3.43. The van der Waals surface area contributed by atoms with Crippen molar-refractivity contribution in [2.24, 2.45) is 0 Å². The number of halogens is 4. The van der Waals surface area contributed by atoms with Crippen molar-refractivity contribution in [2.45, 2.75) is 44.1 Å². The van der Waals surface area contributed by atoms with Crippen LogP contribution in [0.2, 0.25) is 0 Å². The smallest absolute Gasteiger partial charge is 0.406 e. The van der Waals surface area contributed by atoms with Crippen LogP contribution in [0.15, 0.2) is 24.3 Å². The van der Waals surface area contributed by atoms with Crippen molar-refractivity contribution >= 4 is 11.6 Å². The van der Waals surface area contributed by atoms with Crippen molar-refractivity contribution in [3.63, 3.8) is 0 Å². The molecule has 0 amide bonds. The van der Waals surface area contributed by atoms with Crippen molar-refractivity contribution in [1.82, 2.24) is 5.32 Å².